The highest BCUT2D eigenvalue weighted by molar-refractivity contribution is 7.89. The Morgan fingerprint density at radius 3 is 2.21 bits per heavy atom. The Morgan fingerprint density at radius 1 is 0.917 bits per heavy atom. The van der Waals surface area contributed by atoms with E-state index in [4.69, 9.17) is 0 Å². The minimum absolute atomic E-state index is 0.301. The lowest BCUT2D eigenvalue weighted by molar-refractivity contribution is 0.384. The predicted octanol–water partition coefficient (Wildman–Crippen LogP) is 2.78. The molecule has 0 spiro atoms. The summed E-state index contributed by atoms with van der Waals surface area (Å²) in [7, 11) is -3.54. The number of halogens is 2. The summed E-state index contributed by atoms with van der Waals surface area (Å²) in [5, 5.41) is 0. The predicted molar refractivity (Wildman–Crippen MR) is 88.5 cm³/mol. The van der Waals surface area contributed by atoms with Gasteiger partial charge in [0.25, 0.3) is 0 Å². The highest BCUT2D eigenvalue weighted by Gasteiger charge is 2.29. The van der Waals surface area contributed by atoms with Crippen molar-refractivity contribution in [3.8, 4) is 0 Å². The van der Waals surface area contributed by atoms with Gasteiger partial charge in [-0.3, -0.25) is 0 Å². The molecular weight excluding hydrogens is 334 g/mol. The maximum Gasteiger partial charge on any atom is 0.243 e. The third-order valence-electron chi connectivity index (χ3n) is 4.22. The summed E-state index contributed by atoms with van der Waals surface area (Å²) in [4.78, 5) is 2.16. The molecule has 0 bridgehead atoms. The minimum atomic E-state index is -3.54. The number of hydrogen-bond donors (Lipinski definition) is 0. The highest BCUT2D eigenvalue weighted by atomic mass is 32.2. The molecule has 3 rings (SSSR count). The van der Waals surface area contributed by atoms with Crippen molar-refractivity contribution >= 4 is 15.7 Å². The molecule has 0 aromatic heterocycles. The average Bonchev–Trinajstić information content (AvgIpc) is 2.58. The molecule has 128 valence electrons. The van der Waals surface area contributed by atoms with Crippen LogP contribution in [0.25, 0.3) is 0 Å². The molecule has 1 saturated heterocycles. The fourth-order valence-electron chi connectivity index (χ4n) is 2.85. The van der Waals surface area contributed by atoms with E-state index < -0.39 is 21.7 Å². The summed E-state index contributed by atoms with van der Waals surface area (Å²) in [6.45, 7) is 3.22. The van der Waals surface area contributed by atoms with Crippen LogP contribution in [0.5, 0.6) is 0 Å². The van der Waals surface area contributed by atoms with E-state index in [9.17, 15) is 17.2 Å². The molecule has 0 aliphatic carbocycles. The molecule has 2 aromatic carbocycles. The zero-order valence-electron chi connectivity index (χ0n) is 13.2. The van der Waals surface area contributed by atoms with Crippen molar-refractivity contribution in [1.82, 2.24) is 4.31 Å². The Morgan fingerprint density at radius 2 is 1.58 bits per heavy atom. The third-order valence-corrected chi connectivity index (χ3v) is 6.28. The van der Waals surface area contributed by atoms with Gasteiger partial charge in [0.15, 0.2) is 11.6 Å². The van der Waals surface area contributed by atoms with Crippen molar-refractivity contribution < 1.29 is 17.2 Å². The zero-order chi connectivity index (χ0) is 17.3. The smallest absolute Gasteiger partial charge is 0.243 e. The second-order valence-electron chi connectivity index (χ2n) is 5.76. The van der Waals surface area contributed by atoms with E-state index in [0.29, 0.717) is 42.3 Å². The summed E-state index contributed by atoms with van der Waals surface area (Å²) in [5.41, 5.74) is 1.27. The van der Waals surface area contributed by atoms with Crippen LogP contribution in [0.1, 0.15) is 5.56 Å². The monoisotopic (exact) mass is 352 g/mol. The van der Waals surface area contributed by atoms with Gasteiger partial charge in [-0.2, -0.15) is 4.31 Å². The number of hydrogen-bond acceptors (Lipinski definition) is 3. The van der Waals surface area contributed by atoms with E-state index in [1.165, 1.54) is 10.4 Å². The van der Waals surface area contributed by atoms with Crippen molar-refractivity contribution in [3.05, 3.63) is 59.7 Å². The molecule has 7 heteroatoms. The lowest BCUT2D eigenvalue weighted by atomic mass is 10.2. The molecule has 0 amide bonds. The number of benzene rings is 2. The number of anilines is 1. The van der Waals surface area contributed by atoms with Crippen LogP contribution < -0.4 is 4.90 Å². The Hall–Kier alpha value is -1.99. The molecule has 2 aromatic rings. The molecule has 0 N–H and O–H groups in total. The standard InChI is InChI=1S/C17H18F2N2O2S/c1-13-4-2-3-5-17(13)24(22,23)21-10-8-20(9-11-21)14-6-7-15(18)16(19)12-14/h2-7,12H,8-11H2,1H3. The molecule has 1 fully saturated rings. The Balaban J connectivity index is 1.75. The first-order valence-electron chi connectivity index (χ1n) is 7.65. The van der Waals surface area contributed by atoms with Gasteiger partial charge in [-0.15, -0.1) is 0 Å². The first kappa shape index (κ1) is 16.9. The number of sulfonamides is 1. The first-order chi connectivity index (χ1) is 11.4. The van der Waals surface area contributed by atoms with Gasteiger partial charge in [0.2, 0.25) is 10.0 Å². The van der Waals surface area contributed by atoms with Crippen LogP contribution in [-0.4, -0.2) is 38.9 Å². The summed E-state index contributed by atoms with van der Waals surface area (Å²) in [5.74, 6) is -1.79. The van der Waals surface area contributed by atoms with Gasteiger partial charge in [0, 0.05) is 37.9 Å². The molecule has 1 aliphatic heterocycles. The molecule has 24 heavy (non-hydrogen) atoms. The fourth-order valence-corrected chi connectivity index (χ4v) is 4.50. The van der Waals surface area contributed by atoms with Gasteiger partial charge < -0.3 is 4.90 Å². The second kappa shape index (κ2) is 6.49. The highest BCUT2D eigenvalue weighted by Crippen LogP contribution is 2.24. The van der Waals surface area contributed by atoms with Gasteiger partial charge in [0.05, 0.1) is 4.90 Å². The molecule has 0 saturated carbocycles. The third kappa shape index (κ3) is 3.14. The van der Waals surface area contributed by atoms with Crippen molar-refractivity contribution in [1.29, 1.82) is 0 Å². The van der Waals surface area contributed by atoms with Crippen molar-refractivity contribution in [3.63, 3.8) is 0 Å². The van der Waals surface area contributed by atoms with Crippen LogP contribution in [0.3, 0.4) is 0 Å². The Bertz CT molecular complexity index is 847. The van der Waals surface area contributed by atoms with Crippen LogP contribution in [0.2, 0.25) is 0 Å². The number of aryl methyl sites for hydroxylation is 1. The summed E-state index contributed by atoms with van der Waals surface area (Å²) in [6, 6.07) is 10.6. The number of nitrogens with zero attached hydrogens (tertiary/aromatic N) is 2. The van der Waals surface area contributed by atoms with Crippen LogP contribution in [0.4, 0.5) is 14.5 Å². The number of piperazine rings is 1. The minimum Gasteiger partial charge on any atom is -0.369 e. The Kier molecular flexibility index (Phi) is 4.56. The van der Waals surface area contributed by atoms with Crippen molar-refractivity contribution in [2.75, 3.05) is 31.1 Å². The molecule has 1 heterocycles. The molecule has 4 nitrogen and oxygen atoms in total. The second-order valence-corrected chi connectivity index (χ2v) is 7.66. The van der Waals surface area contributed by atoms with Crippen LogP contribution in [0, 0.1) is 18.6 Å². The summed E-state index contributed by atoms with van der Waals surface area (Å²) < 4.78 is 53.3. The number of rotatable bonds is 3. The first-order valence-corrected chi connectivity index (χ1v) is 9.09. The SMILES string of the molecule is Cc1ccccc1S(=O)(=O)N1CCN(c2ccc(F)c(F)c2)CC1. The van der Waals surface area contributed by atoms with Crippen molar-refractivity contribution in [2.24, 2.45) is 0 Å². The van der Waals surface area contributed by atoms with E-state index >= 15 is 0 Å². The molecule has 0 radical (unpaired) electrons. The quantitative estimate of drug-likeness (QED) is 0.853. The van der Waals surface area contributed by atoms with Crippen LogP contribution in [0.15, 0.2) is 47.4 Å². The van der Waals surface area contributed by atoms with Gasteiger partial charge >= 0.3 is 0 Å². The molecule has 0 atom stereocenters. The maximum absolute atomic E-state index is 13.4. The Labute approximate surface area is 140 Å². The van der Waals surface area contributed by atoms with Crippen LogP contribution >= 0.6 is 0 Å². The average molecular weight is 352 g/mol. The van der Waals surface area contributed by atoms with Gasteiger partial charge in [-0.25, -0.2) is 17.2 Å². The summed E-state index contributed by atoms with van der Waals surface area (Å²) >= 11 is 0. The van der Waals surface area contributed by atoms with E-state index in [-0.39, 0.29) is 0 Å². The molecule has 1 aliphatic rings. The normalized spacial score (nSPS) is 16.4. The fraction of sp³-hybridized carbons (Fsp3) is 0.294. The maximum atomic E-state index is 13.4. The molecular formula is C17H18F2N2O2S. The van der Waals surface area contributed by atoms with Gasteiger partial charge in [-0.1, -0.05) is 18.2 Å². The van der Waals surface area contributed by atoms with Crippen molar-refractivity contribution in [2.45, 2.75) is 11.8 Å². The van der Waals surface area contributed by atoms with E-state index in [2.05, 4.69) is 0 Å². The van der Waals surface area contributed by atoms with Gasteiger partial charge in [-0.05, 0) is 30.7 Å². The van der Waals surface area contributed by atoms with Crippen LogP contribution in [-0.2, 0) is 10.0 Å². The summed E-state index contributed by atoms with van der Waals surface area (Å²) in [6.07, 6.45) is 0. The largest absolute Gasteiger partial charge is 0.369 e. The zero-order valence-corrected chi connectivity index (χ0v) is 14.1. The van der Waals surface area contributed by atoms with E-state index in [0.717, 1.165) is 12.1 Å². The van der Waals surface area contributed by atoms with E-state index in [1.54, 1.807) is 31.2 Å². The topological polar surface area (TPSA) is 40.6 Å². The van der Waals surface area contributed by atoms with Gasteiger partial charge in [0.1, 0.15) is 0 Å². The lowest BCUT2D eigenvalue weighted by Gasteiger charge is -2.35. The van der Waals surface area contributed by atoms with E-state index in [1.807, 2.05) is 4.90 Å². The molecule has 0 unspecified atom stereocenters. The lowest BCUT2D eigenvalue weighted by Crippen LogP contribution is -2.48.